The van der Waals surface area contributed by atoms with Crippen LogP contribution >= 0.6 is 0 Å². The van der Waals surface area contributed by atoms with Crippen LogP contribution < -0.4 is 10.5 Å². The minimum atomic E-state index is -3.60. The highest BCUT2D eigenvalue weighted by molar-refractivity contribution is 7.89. The van der Waals surface area contributed by atoms with Gasteiger partial charge in [-0.05, 0) is 17.7 Å². The van der Waals surface area contributed by atoms with E-state index in [-0.39, 0.29) is 4.90 Å². The van der Waals surface area contributed by atoms with Gasteiger partial charge in [-0.25, -0.2) is 13.6 Å². The van der Waals surface area contributed by atoms with Crippen molar-refractivity contribution in [2.24, 2.45) is 5.14 Å². The minimum absolute atomic E-state index is 0.139. The number of nitrogens with two attached hydrogens (primary N) is 1. The molecule has 5 heteroatoms. The molecule has 4 nitrogen and oxygen atoms in total. The van der Waals surface area contributed by atoms with Gasteiger partial charge in [-0.1, -0.05) is 18.2 Å². The lowest BCUT2D eigenvalue weighted by atomic mass is 10.2. The van der Waals surface area contributed by atoms with E-state index in [1.54, 1.807) is 18.2 Å². The second-order valence-electron chi connectivity index (χ2n) is 3.11. The third-order valence-corrected chi connectivity index (χ3v) is 2.76. The first-order valence-corrected chi connectivity index (χ1v) is 6.02. The summed E-state index contributed by atoms with van der Waals surface area (Å²) in [6.45, 7) is 4.84. The van der Waals surface area contributed by atoms with Gasteiger partial charge in [-0.15, -0.1) is 6.58 Å². The number of benzene rings is 1. The number of nitrogens with one attached hydrogen (secondary N) is 1. The van der Waals surface area contributed by atoms with Crippen LogP contribution in [0.4, 0.5) is 0 Å². The molecule has 0 bridgehead atoms. The molecule has 0 aliphatic rings. The molecule has 82 valence electrons. The molecule has 1 aromatic carbocycles. The van der Waals surface area contributed by atoms with Gasteiger partial charge in [-0.3, -0.25) is 0 Å². The SMILES string of the molecule is C=CCNCc1cccc(S(N)(=O)=O)c1. The summed E-state index contributed by atoms with van der Waals surface area (Å²) < 4.78 is 22.1. The lowest BCUT2D eigenvalue weighted by Crippen LogP contribution is -2.15. The van der Waals surface area contributed by atoms with Crippen LogP contribution in [-0.2, 0) is 16.6 Å². The first kappa shape index (κ1) is 11.9. The fourth-order valence-electron chi connectivity index (χ4n) is 1.15. The second-order valence-corrected chi connectivity index (χ2v) is 4.67. The van der Waals surface area contributed by atoms with Crippen molar-refractivity contribution in [2.45, 2.75) is 11.4 Å². The quantitative estimate of drug-likeness (QED) is 0.570. The van der Waals surface area contributed by atoms with Crippen molar-refractivity contribution in [2.75, 3.05) is 6.54 Å². The molecule has 0 unspecified atom stereocenters. The van der Waals surface area contributed by atoms with E-state index in [0.29, 0.717) is 13.1 Å². The minimum Gasteiger partial charge on any atom is -0.309 e. The Bertz CT molecular complexity index is 440. The summed E-state index contributed by atoms with van der Waals surface area (Å²) in [5, 5.41) is 8.09. The highest BCUT2D eigenvalue weighted by atomic mass is 32.2. The van der Waals surface area contributed by atoms with Crippen molar-refractivity contribution in [1.29, 1.82) is 0 Å². The normalized spacial score (nSPS) is 11.3. The van der Waals surface area contributed by atoms with Gasteiger partial charge in [0.15, 0.2) is 0 Å². The predicted molar refractivity (Wildman–Crippen MR) is 59.7 cm³/mol. The summed E-state index contributed by atoms with van der Waals surface area (Å²) in [6.07, 6.45) is 1.74. The summed E-state index contributed by atoms with van der Waals surface area (Å²) in [5.41, 5.74) is 0.878. The van der Waals surface area contributed by atoms with E-state index >= 15 is 0 Å². The average Bonchev–Trinajstić information content (AvgIpc) is 2.17. The van der Waals surface area contributed by atoms with Crippen molar-refractivity contribution in [3.8, 4) is 0 Å². The van der Waals surface area contributed by atoms with Gasteiger partial charge in [0, 0.05) is 13.1 Å². The van der Waals surface area contributed by atoms with Crippen LogP contribution in [0.25, 0.3) is 0 Å². The fraction of sp³-hybridized carbons (Fsp3) is 0.200. The number of hydrogen-bond donors (Lipinski definition) is 2. The molecule has 0 heterocycles. The molecule has 0 saturated carbocycles. The van der Waals surface area contributed by atoms with Crippen molar-refractivity contribution in [1.82, 2.24) is 5.32 Å². The van der Waals surface area contributed by atoms with E-state index in [4.69, 9.17) is 5.14 Å². The highest BCUT2D eigenvalue weighted by Crippen LogP contribution is 2.09. The Morgan fingerprint density at radius 3 is 2.80 bits per heavy atom. The highest BCUT2D eigenvalue weighted by Gasteiger charge is 2.07. The molecule has 0 aliphatic heterocycles. The van der Waals surface area contributed by atoms with Gasteiger partial charge in [0.25, 0.3) is 0 Å². The van der Waals surface area contributed by atoms with E-state index in [2.05, 4.69) is 11.9 Å². The third-order valence-electron chi connectivity index (χ3n) is 1.84. The molecule has 0 fully saturated rings. The van der Waals surface area contributed by atoms with Gasteiger partial charge < -0.3 is 5.32 Å². The summed E-state index contributed by atoms with van der Waals surface area (Å²) in [6, 6.07) is 6.55. The van der Waals surface area contributed by atoms with Gasteiger partial charge in [0.2, 0.25) is 10.0 Å². The summed E-state index contributed by atoms with van der Waals surface area (Å²) >= 11 is 0. The molecule has 0 saturated heterocycles. The molecule has 0 spiro atoms. The smallest absolute Gasteiger partial charge is 0.238 e. The van der Waals surface area contributed by atoms with Crippen LogP contribution in [0.1, 0.15) is 5.56 Å². The second kappa shape index (κ2) is 5.06. The Morgan fingerprint density at radius 2 is 2.20 bits per heavy atom. The van der Waals surface area contributed by atoms with Crippen molar-refractivity contribution in [3.63, 3.8) is 0 Å². The van der Waals surface area contributed by atoms with Crippen LogP contribution in [-0.4, -0.2) is 15.0 Å². The Hall–Kier alpha value is -1.17. The molecule has 15 heavy (non-hydrogen) atoms. The van der Waals surface area contributed by atoms with Gasteiger partial charge in [-0.2, -0.15) is 0 Å². The Balaban J connectivity index is 2.79. The monoisotopic (exact) mass is 226 g/mol. The maximum atomic E-state index is 11.1. The van der Waals surface area contributed by atoms with Crippen LogP contribution in [0.2, 0.25) is 0 Å². The fourth-order valence-corrected chi connectivity index (χ4v) is 1.73. The molecule has 0 atom stereocenters. The standard InChI is InChI=1S/C10H14N2O2S/c1-2-6-12-8-9-4-3-5-10(7-9)15(11,13)14/h2-5,7,12H,1,6,8H2,(H2,11,13,14). The molecule has 0 aromatic heterocycles. The van der Waals surface area contributed by atoms with Crippen LogP contribution in [0.15, 0.2) is 41.8 Å². The molecule has 0 radical (unpaired) electrons. The molecule has 0 amide bonds. The summed E-state index contributed by atoms with van der Waals surface area (Å²) in [7, 11) is -3.60. The predicted octanol–water partition coefficient (Wildman–Crippen LogP) is 0.610. The Labute approximate surface area is 89.9 Å². The molecule has 1 rings (SSSR count). The zero-order chi connectivity index (χ0) is 11.3. The van der Waals surface area contributed by atoms with Crippen molar-refractivity contribution >= 4 is 10.0 Å². The zero-order valence-electron chi connectivity index (χ0n) is 8.31. The molecule has 0 aliphatic carbocycles. The van der Waals surface area contributed by atoms with Gasteiger partial charge in [0.1, 0.15) is 0 Å². The zero-order valence-corrected chi connectivity index (χ0v) is 9.13. The first-order chi connectivity index (χ1) is 7.04. The lowest BCUT2D eigenvalue weighted by molar-refractivity contribution is 0.597. The maximum absolute atomic E-state index is 11.1. The van der Waals surface area contributed by atoms with E-state index in [9.17, 15) is 8.42 Å². The van der Waals surface area contributed by atoms with E-state index < -0.39 is 10.0 Å². The lowest BCUT2D eigenvalue weighted by Gasteiger charge is -2.04. The molecular formula is C10H14N2O2S. The summed E-state index contributed by atoms with van der Waals surface area (Å²) in [4.78, 5) is 0.139. The first-order valence-electron chi connectivity index (χ1n) is 4.47. The van der Waals surface area contributed by atoms with Gasteiger partial charge >= 0.3 is 0 Å². The van der Waals surface area contributed by atoms with E-state index in [0.717, 1.165) is 5.56 Å². The summed E-state index contributed by atoms with van der Waals surface area (Å²) in [5.74, 6) is 0. The molecule has 1 aromatic rings. The maximum Gasteiger partial charge on any atom is 0.238 e. The molecule has 3 N–H and O–H groups in total. The average molecular weight is 226 g/mol. The topological polar surface area (TPSA) is 72.2 Å². The molecular weight excluding hydrogens is 212 g/mol. The van der Waals surface area contributed by atoms with Crippen molar-refractivity contribution < 1.29 is 8.42 Å². The van der Waals surface area contributed by atoms with Crippen LogP contribution in [0, 0.1) is 0 Å². The Kier molecular flexibility index (Phi) is 4.02. The third kappa shape index (κ3) is 3.83. The van der Waals surface area contributed by atoms with Crippen molar-refractivity contribution in [3.05, 3.63) is 42.5 Å². The number of rotatable bonds is 5. The number of primary sulfonamides is 1. The number of hydrogen-bond acceptors (Lipinski definition) is 3. The van der Waals surface area contributed by atoms with Crippen LogP contribution in [0.3, 0.4) is 0 Å². The van der Waals surface area contributed by atoms with Crippen LogP contribution in [0.5, 0.6) is 0 Å². The Morgan fingerprint density at radius 1 is 1.47 bits per heavy atom. The van der Waals surface area contributed by atoms with E-state index in [1.807, 2.05) is 6.07 Å². The van der Waals surface area contributed by atoms with E-state index in [1.165, 1.54) is 6.07 Å². The van der Waals surface area contributed by atoms with Gasteiger partial charge in [0.05, 0.1) is 4.90 Å². The largest absolute Gasteiger partial charge is 0.309 e. The number of sulfonamides is 1.